The summed E-state index contributed by atoms with van der Waals surface area (Å²) in [5.41, 5.74) is 5.96. The van der Waals surface area contributed by atoms with Crippen LogP contribution in [0.25, 0.3) is 0 Å². The van der Waals surface area contributed by atoms with Gasteiger partial charge in [-0.2, -0.15) is 11.8 Å². The van der Waals surface area contributed by atoms with Crippen molar-refractivity contribution in [3.05, 3.63) is 17.6 Å². The van der Waals surface area contributed by atoms with Crippen LogP contribution in [0.5, 0.6) is 0 Å². The van der Waals surface area contributed by atoms with Crippen LogP contribution in [-0.4, -0.2) is 27.8 Å². The van der Waals surface area contributed by atoms with Gasteiger partial charge in [-0.15, -0.1) is 0 Å². The SMILES string of the molecule is CCOC(=O)c1cnc(CSC(C)CC)nc1N. The second-order valence-corrected chi connectivity index (χ2v) is 5.26. The summed E-state index contributed by atoms with van der Waals surface area (Å²) < 4.78 is 4.86. The Hall–Kier alpha value is -1.30. The van der Waals surface area contributed by atoms with Gasteiger partial charge < -0.3 is 10.5 Å². The van der Waals surface area contributed by atoms with E-state index in [-0.39, 0.29) is 11.4 Å². The first kappa shape index (κ1) is 14.8. The number of carbonyl (C=O) groups excluding carboxylic acids is 1. The van der Waals surface area contributed by atoms with E-state index in [0.29, 0.717) is 23.4 Å². The summed E-state index contributed by atoms with van der Waals surface area (Å²) in [4.78, 5) is 19.8. The van der Waals surface area contributed by atoms with Crippen molar-refractivity contribution in [3.8, 4) is 0 Å². The van der Waals surface area contributed by atoms with E-state index in [1.165, 1.54) is 6.20 Å². The number of hydrogen-bond acceptors (Lipinski definition) is 6. The third kappa shape index (κ3) is 4.18. The molecule has 5 nitrogen and oxygen atoms in total. The fraction of sp³-hybridized carbons (Fsp3) is 0.583. The van der Waals surface area contributed by atoms with E-state index < -0.39 is 5.97 Å². The minimum atomic E-state index is -0.476. The molecule has 0 aliphatic heterocycles. The monoisotopic (exact) mass is 269 g/mol. The lowest BCUT2D eigenvalue weighted by molar-refractivity contribution is 0.0526. The van der Waals surface area contributed by atoms with Crippen LogP contribution < -0.4 is 5.73 Å². The zero-order valence-electron chi connectivity index (χ0n) is 11.0. The van der Waals surface area contributed by atoms with E-state index in [9.17, 15) is 4.79 Å². The highest BCUT2D eigenvalue weighted by atomic mass is 32.2. The Bertz CT molecular complexity index is 412. The zero-order valence-corrected chi connectivity index (χ0v) is 11.8. The van der Waals surface area contributed by atoms with Crippen molar-refractivity contribution in [3.63, 3.8) is 0 Å². The predicted molar refractivity (Wildman–Crippen MR) is 73.4 cm³/mol. The lowest BCUT2D eigenvalue weighted by atomic mass is 10.3. The van der Waals surface area contributed by atoms with Crippen LogP contribution in [0, 0.1) is 0 Å². The molecule has 0 bridgehead atoms. The van der Waals surface area contributed by atoms with Crippen molar-refractivity contribution in [1.82, 2.24) is 9.97 Å². The summed E-state index contributed by atoms with van der Waals surface area (Å²) >= 11 is 1.77. The number of carbonyl (C=O) groups is 1. The van der Waals surface area contributed by atoms with E-state index >= 15 is 0 Å². The van der Waals surface area contributed by atoms with Crippen LogP contribution in [0.15, 0.2) is 6.20 Å². The van der Waals surface area contributed by atoms with Gasteiger partial charge in [0.1, 0.15) is 17.2 Å². The van der Waals surface area contributed by atoms with Gasteiger partial charge in [0.25, 0.3) is 0 Å². The maximum Gasteiger partial charge on any atom is 0.343 e. The third-order valence-electron chi connectivity index (χ3n) is 2.44. The number of anilines is 1. The van der Waals surface area contributed by atoms with Crippen molar-refractivity contribution < 1.29 is 9.53 Å². The Labute approximate surface area is 112 Å². The van der Waals surface area contributed by atoms with E-state index in [1.54, 1.807) is 18.7 Å². The minimum absolute atomic E-state index is 0.184. The molecular formula is C12H19N3O2S. The second-order valence-electron chi connectivity index (χ2n) is 3.84. The van der Waals surface area contributed by atoms with Gasteiger partial charge in [-0.1, -0.05) is 13.8 Å². The maximum atomic E-state index is 11.5. The van der Waals surface area contributed by atoms with Crippen molar-refractivity contribution in [2.45, 2.75) is 38.2 Å². The second kappa shape index (κ2) is 7.20. The molecule has 1 aromatic rings. The van der Waals surface area contributed by atoms with Crippen LogP contribution in [-0.2, 0) is 10.5 Å². The Morgan fingerprint density at radius 3 is 2.83 bits per heavy atom. The third-order valence-corrected chi connectivity index (χ3v) is 3.76. The highest BCUT2D eigenvalue weighted by Crippen LogP contribution is 2.19. The van der Waals surface area contributed by atoms with Crippen LogP contribution >= 0.6 is 11.8 Å². The number of nitrogens with zero attached hydrogens (tertiary/aromatic N) is 2. The predicted octanol–water partition coefficient (Wildman–Crippen LogP) is 2.27. The molecule has 0 aliphatic rings. The minimum Gasteiger partial charge on any atom is -0.462 e. The molecule has 1 rings (SSSR count). The molecule has 0 radical (unpaired) electrons. The maximum absolute atomic E-state index is 11.5. The zero-order chi connectivity index (χ0) is 13.5. The largest absolute Gasteiger partial charge is 0.462 e. The molecule has 1 atom stereocenters. The molecule has 1 heterocycles. The van der Waals surface area contributed by atoms with Gasteiger partial charge >= 0.3 is 5.97 Å². The summed E-state index contributed by atoms with van der Waals surface area (Å²) in [6.45, 7) is 6.34. The normalized spacial score (nSPS) is 12.2. The summed E-state index contributed by atoms with van der Waals surface area (Å²) in [5, 5.41) is 0.555. The first-order valence-corrected chi connectivity index (χ1v) is 7.03. The summed E-state index contributed by atoms with van der Waals surface area (Å²) in [5.74, 6) is 1.05. The van der Waals surface area contributed by atoms with Crippen molar-refractivity contribution in [1.29, 1.82) is 0 Å². The lowest BCUT2D eigenvalue weighted by Crippen LogP contribution is -2.11. The van der Waals surface area contributed by atoms with Crippen LogP contribution in [0.1, 0.15) is 43.4 Å². The molecule has 0 spiro atoms. The van der Waals surface area contributed by atoms with Gasteiger partial charge in [-0.3, -0.25) is 0 Å². The summed E-state index contributed by atoms with van der Waals surface area (Å²) in [6.07, 6.45) is 2.54. The van der Waals surface area contributed by atoms with Crippen molar-refractivity contribution >= 4 is 23.5 Å². The van der Waals surface area contributed by atoms with Crippen molar-refractivity contribution in [2.24, 2.45) is 0 Å². The molecule has 0 aliphatic carbocycles. The Kier molecular flexibility index (Phi) is 5.91. The highest BCUT2D eigenvalue weighted by molar-refractivity contribution is 7.99. The van der Waals surface area contributed by atoms with Crippen LogP contribution in [0.4, 0.5) is 5.82 Å². The van der Waals surface area contributed by atoms with E-state index in [4.69, 9.17) is 10.5 Å². The smallest absolute Gasteiger partial charge is 0.343 e. The molecule has 100 valence electrons. The number of nitrogen functional groups attached to an aromatic ring is 1. The number of esters is 1. The molecule has 1 aromatic heterocycles. The average Bonchev–Trinajstić information content (AvgIpc) is 2.36. The number of thioether (sulfide) groups is 1. The Morgan fingerprint density at radius 2 is 2.28 bits per heavy atom. The molecule has 6 heteroatoms. The van der Waals surface area contributed by atoms with Gasteiger partial charge in [-0.25, -0.2) is 14.8 Å². The summed E-state index contributed by atoms with van der Waals surface area (Å²) in [7, 11) is 0. The molecule has 0 saturated heterocycles. The van der Waals surface area contributed by atoms with Gasteiger partial charge in [0.15, 0.2) is 0 Å². The molecule has 18 heavy (non-hydrogen) atoms. The van der Waals surface area contributed by atoms with Crippen LogP contribution in [0.3, 0.4) is 0 Å². The average molecular weight is 269 g/mol. The number of rotatable bonds is 6. The fourth-order valence-corrected chi connectivity index (χ4v) is 2.01. The van der Waals surface area contributed by atoms with Gasteiger partial charge in [-0.05, 0) is 13.3 Å². The van der Waals surface area contributed by atoms with E-state index in [2.05, 4.69) is 23.8 Å². The van der Waals surface area contributed by atoms with Crippen LogP contribution in [0.2, 0.25) is 0 Å². The lowest BCUT2D eigenvalue weighted by Gasteiger charge is -2.08. The van der Waals surface area contributed by atoms with Crippen molar-refractivity contribution in [2.75, 3.05) is 12.3 Å². The Morgan fingerprint density at radius 1 is 1.56 bits per heavy atom. The number of nitrogens with two attached hydrogens (primary N) is 1. The summed E-state index contributed by atoms with van der Waals surface area (Å²) in [6, 6.07) is 0. The number of aromatic nitrogens is 2. The first-order chi connectivity index (χ1) is 8.58. The van der Waals surface area contributed by atoms with E-state index in [1.807, 2.05) is 0 Å². The van der Waals surface area contributed by atoms with Gasteiger partial charge in [0.05, 0.1) is 12.4 Å². The molecule has 1 unspecified atom stereocenters. The van der Waals surface area contributed by atoms with E-state index in [0.717, 1.165) is 6.42 Å². The topological polar surface area (TPSA) is 78.1 Å². The highest BCUT2D eigenvalue weighted by Gasteiger charge is 2.13. The molecule has 0 aromatic carbocycles. The van der Waals surface area contributed by atoms with Gasteiger partial charge in [0.2, 0.25) is 0 Å². The molecule has 0 fully saturated rings. The quantitative estimate of drug-likeness (QED) is 0.798. The molecule has 0 saturated carbocycles. The Balaban J connectivity index is 2.70. The molecular weight excluding hydrogens is 250 g/mol. The number of ether oxygens (including phenoxy) is 1. The first-order valence-electron chi connectivity index (χ1n) is 5.98. The standard InChI is InChI=1S/C12H19N3O2S/c1-4-8(3)18-7-10-14-6-9(11(13)15-10)12(16)17-5-2/h6,8H,4-5,7H2,1-3H3,(H2,13,14,15). The molecule has 0 amide bonds. The van der Waals surface area contributed by atoms with Gasteiger partial charge in [0, 0.05) is 11.4 Å². The molecule has 2 N–H and O–H groups in total. The fourth-order valence-electron chi connectivity index (χ4n) is 1.20. The number of hydrogen-bond donors (Lipinski definition) is 1.